The Morgan fingerprint density at radius 2 is 1.96 bits per heavy atom. The van der Waals surface area contributed by atoms with E-state index in [1.165, 1.54) is 19.2 Å². The summed E-state index contributed by atoms with van der Waals surface area (Å²) in [6.45, 7) is 2.12. The predicted molar refractivity (Wildman–Crippen MR) is 98.5 cm³/mol. The Morgan fingerprint density at radius 3 is 2.50 bits per heavy atom. The van der Waals surface area contributed by atoms with E-state index in [-0.39, 0.29) is 35.0 Å². The zero-order valence-corrected chi connectivity index (χ0v) is 16.3. The monoisotopic (exact) mass is 409 g/mol. The quantitative estimate of drug-likeness (QED) is 0.490. The van der Waals surface area contributed by atoms with Gasteiger partial charge in [-0.15, -0.1) is 12.4 Å². The standard InChI is InChI=1S/C15H23N3O6S.ClH/c1-23-11-15(5-7-16-8-6-15)10-17-25(21,22)14-4-3-12(24-2)9-13(14)18(19)20;/h3-4,9,16-17H,5-8,10-11H2,1-2H3;1H. The van der Waals surface area contributed by atoms with Crippen LogP contribution in [-0.4, -0.2) is 53.8 Å². The van der Waals surface area contributed by atoms with Gasteiger partial charge in [0.2, 0.25) is 10.0 Å². The van der Waals surface area contributed by atoms with E-state index in [1.807, 2.05) is 0 Å². The van der Waals surface area contributed by atoms with Gasteiger partial charge in [-0.1, -0.05) is 0 Å². The first-order valence-electron chi connectivity index (χ1n) is 7.85. The number of nitro benzene ring substituents is 1. The second-order valence-electron chi connectivity index (χ2n) is 6.10. The highest BCUT2D eigenvalue weighted by molar-refractivity contribution is 7.89. The highest BCUT2D eigenvalue weighted by atomic mass is 35.5. The third-order valence-corrected chi connectivity index (χ3v) is 5.85. The fourth-order valence-electron chi connectivity index (χ4n) is 2.96. The van der Waals surface area contributed by atoms with Gasteiger partial charge in [-0.2, -0.15) is 0 Å². The van der Waals surface area contributed by atoms with Gasteiger partial charge in [0.05, 0.1) is 24.7 Å². The van der Waals surface area contributed by atoms with Crippen molar-refractivity contribution in [1.29, 1.82) is 0 Å². The number of nitro groups is 1. The molecular weight excluding hydrogens is 386 g/mol. The summed E-state index contributed by atoms with van der Waals surface area (Å²) in [6.07, 6.45) is 1.52. The first kappa shape index (κ1) is 22.6. The average Bonchev–Trinajstić information content (AvgIpc) is 2.60. The molecule has 0 radical (unpaired) electrons. The minimum Gasteiger partial charge on any atom is -0.497 e. The van der Waals surface area contributed by atoms with Crippen LogP contribution in [0.3, 0.4) is 0 Å². The molecule has 148 valence electrons. The molecule has 0 unspecified atom stereocenters. The Bertz CT molecular complexity index is 717. The van der Waals surface area contributed by atoms with Crippen LogP contribution in [-0.2, 0) is 14.8 Å². The van der Waals surface area contributed by atoms with Crippen molar-refractivity contribution in [2.24, 2.45) is 5.41 Å². The average molecular weight is 410 g/mol. The fourth-order valence-corrected chi connectivity index (χ4v) is 4.26. The molecule has 0 saturated carbocycles. The molecule has 1 saturated heterocycles. The molecule has 1 aliphatic heterocycles. The van der Waals surface area contributed by atoms with Crippen molar-refractivity contribution >= 4 is 28.1 Å². The molecular formula is C15H24ClN3O6S. The summed E-state index contributed by atoms with van der Waals surface area (Å²) in [4.78, 5) is 10.1. The lowest BCUT2D eigenvalue weighted by atomic mass is 9.80. The van der Waals surface area contributed by atoms with Crippen LogP contribution in [0.2, 0.25) is 0 Å². The van der Waals surface area contributed by atoms with Crippen molar-refractivity contribution in [2.75, 3.05) is 40.5 Å². The van der Waals surface area contributed by atoms with Crippen molar-refractivity contribution in [1.82, 2.24) is 10.0 Å². The van der Waals surface area contributed by atoms with Crippen molar-refractivity contribution in [3.05, 3.63) is 28.3 Å². The molecule has 1 aliphatic rings. The van der Waals surface area contributed by atoms with E-state index in [4.69, 9.17) is 9.47 Å². The molecule has 0 spiro atoms. The van der Waals surface area contributed by atoms with E-state index in [9.17, 15) is 18.5 Å². The molecule has 0 aliphatic carbocycles. The lowest BCUT2D eigenvalue weighted by Crippen LogP contribution is -2.47. The summed E-state index contributed by atoms with van der Waals surface area (Å²) >= 11 is 0. The van der Waals surface area contributed by atoms with Crippen LogP contribution in [0.5, 0.6) is 5.75 Å². The number of sulfonamides is 1. The normalized spacial score (nSPS) is 16.5. The Hall–Kier alpha value is -1.46. The first-order chi connectivity index (χ1) is 11.8. The topological polar surface area (TPSA) is 120 Å². The Labute approximate surface area is 159 Å². The van der Waals surface area contributed by atoms with Crippen LogP contribution in [0.15, 0.2) is 23.1 Å². The van der Waals surface area contributed by atoms with E-state index in [0.717, 1.165) is 32.0 Å². The van der Waals surface area contributed by atoms with Crippen LogP contribution in [0.25, 0.3) is 0 Å². The van der Waals surface area contributed by atoms with E-state index < -0.39 is 20.6 Å². The molecule has 0 aromatic heterocycles. The predicted octanol–water partition coefficient (Wildman–Crippen LogP) is 1.32. The zero-order valence-electron chi connectivity index (χ0n) is 14.7. The van der Waals surface area contributed by atoms with Gasteiger partial charge < -0.3 is 14.8 Å². The summed E-state index contributed by atoms with van der Waals surface area (Å²) in [5, 5.41) is 14.5. The Morgan fingerprint density at radius 1 is 1.31 bits per heavy atom. The number of ether oxygens (including phenoxy) is 2. The smallest absolute Gasteiger partial charge is 0.293 e. The van der Waals surface area contributed by atoms with E-state index >= 15 is 0 Å². The fraction of sp³-hybridized carbons (Fsp3) is 0.600. The second kappa shape index (κ2) is 9.47. The van der Waals surface area contributed by atoms with E-state index in [0.29, 0.717) is 6.61 Å². The second-order valence-corrected chi connectivity index (χ2v) is 7.83. The summed E-state index contributed by atoms with van der Waals surface area (Å²) < 4.78 is 38.0. The highest BCUT2D eigenvalue weighted by Crippen LogP contribution is 2.31. The minimum absolute atomic E-state index is 0. The van der Waals surface area contributed by atoms with Crippen LogP contribution in [0.4, 0.5) is 5.69 Å². The highest BCUT2D eigenvalue weighted by Gasteiger charge is 2.35. The number of hydrogen-bond donors (Lipinski definition) is 2. The number of methoxy groups -OCH3 is 2. The lowest BCUT2D eigenvalue weighted by molar-refractivity contribution is -0.387. The molecule has 2 rings (SSSR count). The number of halogens is 1. The minimum atomic E-state index is -4.04. The number of benzene rings is 1. The van der Waals surface area contributed by atoms with Gasteiger partial charge in [-0.25, -0.2) is 13.1 Å². The molecule has 0 amide bonds. The first-order valence-corrected chi connectivity index (χ1v) is 9.34. The van der Waals surface area contributed by atoms with E-state index in [2.05, 4.69) is 10.0 Å². The third-order valence-electron chi connectivity index (χ3n) is 4.40. The summed E-state index contributed by atoms with van der Waals surface area (Å²) in [5.41, 5.74) is -0.841. The van der Waals surface area contributed by atoms with Gasteiger partial charge in [0.1, 0.15) is 5.75 Å². The van der Waals surface area contributed by atoms with Crippen molar-refractivity contribution in [3.8, 4) is 5.75 Å². The van der Waals surface area contributed by atoms with Gasteiger partial charge >= 0.3 is 0 Å². The number of hydrogen-bond acceptors (Lipinski definition) is 7. The number of nitrogens with zero attached hydrogens (tertiary/aromatic N) is 1. The molecule has 9 nitrogen and oxygen atoms in total. The Kier molecular flexibility index (Phi) is 8.22. The summed E-state index contributed by atoms with van der Waals surface area (Å²) in [7, 11) is -1.11. The number of piperidine rings is 1. The van der Waals surface area contributed by atoms with Crippen LogP contribution >= 0.6 is 12.4 Å². The van der Waals surface area contributed by atoms with Crippen LogP contribution < -0.4 is 14.8 Å². The van der Waals surface area contributed by atoms with Gasteiger partial charge in [0, 0.05) is 19.1 Å². The van der Waals surface area contributed by atoms with Crippen LogP contribution in [0, 0.1) is 15.5 Å². The molecule has 1 aromatic carbocycles. The van der Waals surface area contributed by atoms with Crippen molar-refractivity contribution in [2.45, 2.75) is 17.7 Å². The van der Waals surface area contributed by atoms with Gasteiger partial charge in [-0.3, -0.25) is 10.1 Å². The molecule has 2 N–H and O–H groups in total. The van der Waals surface area contributed by atoms with Crippen molar-refractivity contribution < 1.29 is 22.8 Å². The maximum Gasteiger partial charge on any atom is 0.293 e. The Balaban J connectivity index is 0.00000338. The number of nitrogens with one attached hydrogen (secondary N) is 2. The van der Waals surface area contributed by atoms with Gasteiger partial charge in [0.15, 0.2) is 4.90 Å². The summed E-state index contributed by atoms with van der Waals surface area (Å²) in [6, 6.07) is 3.67. The van der Waals surface area contributed by atoms with Crippen LogP contribution in [0.1, 0.15) is 12.8 Å². The SMILES string of the molecule is COCC1(CNS(=O)(=O)c2ccc(OC)cc2[N+](=O)[O-])CCNCC1.Cl. The lowest BCUT2D eigenvalue weighted by Gasteiger charge is -2.37. The molecule has 0 bridgehead atoms. The van der Waals surface area contributed by atoms with Gasteiger partial charge in [-0.05, 0) is 38.1 Å². The van der Waals surface area contributed by atoms with Crippen molar-refractivity contribution in [3.63, 3.8) is 0 Å². The van der Waals surface area contributed by atoms with E-state index in [1.54, 1.807) is 7.11 Å². The van der Waals surface area contributed by atoms with Gasteiger partial charge in [0.25, 0.3) is 5.69 Å². The molecule has 26 heavy (non-hydrogen) atoms. The number of rotatable bonds is 8. The third kappa shape index (κ3) is 5.27. The zero-order chi connectivity index (χ0) is 18.5. The maximum atomic E-state index is 12.6. The molecule has 1 heterocycles. The molecule has 11 heteroatoms. The molecule has 0 atom stereocenters. The maximum absolute atomic E-state index is 12.6. The molecule has 1 fully saturated rings. The largest absolute Gasteiger partial charge is 0.497 e. The molecule has 1 aromatic rings. The summed E-state index contributed by atoms with van der Waals surface area (Å²) in [5.74, 6) is 0.222.